The zero-order valence-electron chi connectivity index (χ0n) is 18.2. The van der Waals surface area contributed by atoms with Crippen LogP contribution < -0.4 is 10.2 Å². The molecule has 0 atom stereocenters. The maximum absolute atomic E-state index is 12.4. The van der Waals surface area contributed by atoms with Crippen molar-refractivity contribution in [3.63, 3.8) is 0 Å². The lowest BCUT2D eigenvalue weighted by molar-refractivity contribution is -0.113. The molecule has 6 nitrogen and oxygen atoms in total. The highest BCUT2D eigenvalue weighted by Crippen LogP contribution is 2.24. The SMILES string of the molecule is CCN(c1ccc(NC(=O)CSc2nnc(-c3ccc(C)cc3)n2C)cc1)C(C)C. The summed E-state index contributed by atoms with van der Waals surface area (Å²) in [5, 5.41) is 12.2. The van der Waals surface area contributed by atoms with Crippen molar-refractivity contribution in [3.8, 4) is 11.4 Å². The van der Waals surface area contributed by atoms with Crippen molar-refractivity contribution in [2.75, 3.05) is 22.5 Å². The normalized spacial score (nSPS) is 11.0. The fourth-order valence-electron chi connectivity index (χ4n) is 3.30. The molecule has 0 spiro atoms. The van der Waals surface area contributed by atoms with Crippen molar-refractivity contribution in [2.45, 2.75) is 38.9 Å². The minimum Gasteiger partial charge on any atom is -0.369 e. The van der Waals surface area contributed by atoms with Gasteiger partial charge in [0.05, 0.1) is 5.75 Å². The van der Waals surface area contributed by atoms with Gasteiger partial charge in [0, 0.05) is 36.6 Å². The van der Waals surface area contributed by atoms with E-state index in [2.05, 4.69) is 60.2 Å². The van der Waals surface area contributed by atoms with Gasteiger partial charge in [0.25, 0.3) is 0 Å². The van der Waals surface area contributed by atoms with E-state index in [1.54, 1.807) is 0 Å². The number of anilines is 2. The molecule has 7 heteroatoms. The summed E-state index contributed by atoms with van der Waals surface area (Å²) in [7, 11) is 1.92. The quantitative estimate of drug-likeness (QED) is 0.530. The van der Waals surface area contributed by atoms with Crippen LogP contribution >= 0.6 is 11.8 Å². The average Bonchev–Trinajstić information content (AvgIpc) is 3.09. The minimum atomic E-state index is -0.0659. The summed E-state index contributed by atoms with van der Waals surface area (Å²) in [6, 6.07) is 16.6. The Hall–Kier alpha value is -2.80. The molecule has 1 aromatic heterocycles. The summed E-state index contributed by atoms with van der Waals surface area (Å²) in [6.07, 6.45) is 0. The van der Waals surface area contributed by atoms with Gasteiger partial charge in [-0.3, -0.25) is 4.79 Å². The number of carbonyl (C=O) groups excluding carboxylic acids is 1. The summed E-state index contributed by atoms with van der Waals surface area (Å²) >= 11 is 1.38. The van der Waals surface area contributed by atoms with E-state index < -0.39 is 0 Å². The Morgan fingerprint density at radius 1 is 1.10 bits per heavy atom. The first-order valence-corrected chi connectivity index (χ1v) is 11.1. The van der Waals surface area contributed by atoms with Gasteiger partial charge in [-0.2, -0.15) is 0 Å². The van der Waals surface area contributed by atoms with E-state index in [-0.39, 0.29) is 11.7 Å². The van der Waals surface area contributed by atoms with Gasteiger partial charge < -0.3 is 14.8 Å². The summed E-state index contributed by atoms with van der Waals surface area (Å²) < 4.78 is 1.92. The Kier molecular flexibility index (Phi) is 7.15. The molecule has 0 saturated carbocycles. The van der Waals surface area contributed by atoms with Gasteiger partial charge in [-0.15, -0.1) is 10.2 Å². The van der Waals surface area contributed by atoms with Crippen LogP contribution in [0.3, 0.4) is 0 Å². The van der Waals surface area contributed by atoms with E-state index in [0.717, 1.165) is 29.3 Å². The fraction of sp³-hybridized carbons (Fsp3) is 0.348. The Morgan fingerprint density at radius 3 is 2.37 bits per heavy atom. The molecular formula is C23H29N5OS. The molecule has 0 unspecified atom stereocenters. The third-order valence-corrected chi connectivity index (χ3v) is 5.94. The van der Waals surface area contributed by atoms with E-state index in [1.807, 2.05) is 48.0 Å². The lowest BCUT2D eigenvalue weighted by Crippen LogP contribution is -2.30. The third-order valence-electron chi connectivity index (χ3n) is 4.92. The molecule has 0 aliphatic carbocycles. The molecule has 0 fully saturated rings. The number of thioether (sulfide) groups is 1. The number of aryl methyl sites for hydroxylation is 1. The standard InChI is InChI=1S/C23H29N5OS/c1-6-28(16(2)3)20-13-11-19(12-14-20)24-21(29)15-30-23-26-25-22(27(23)5)18-9-7-17(4)8-10-18/h7-14,16H,6,15H2,1-5H3,(H,24,29). The second-order valence-electron chi connectivity index (χ2n) is 7.49. The largest absolute Gasteiger partial charge is 0.369 e. The average molecular weight is 424 g/mol. The Labute approximate surface area is 182 Å². The van der Waals surface area contributed by atoms with Crippen molar-refractivity contribution in [1.29, 1.82) is 0 Å². The van der Waals surface area contributed by atoms with Crippen LogP contribution in [0.5, 0.6) is 0 Å². The molecule has 3 aromatic rings. The van der Waals surface area contributed by atoms with Crippen LogP contribution in [0.2, 0.25) is 0 Å². The third kappa shape index (κ3) is 5.21. The zero-order chi connectivity index (χ0) is 21.7. The molecule has 0 radical (unpaired) electrons. The van der Waals surface area contributed by atoms with Gasteiger partial charge >= 0.3 is 0 Å². The second-order valence-corrected chi connectivity index (χ2v) is 8.44. The molecule has 0 aliphatic rings. The monoisotopic (exact) mass is 423 g/mol. The summed E-state index contributed by atoms with van der Waals surface area (Å²) in [5.74, 6) is 0.997. The Balaban J connectivity index is 1.58. The molecule has 0 saturated heterocycles. The second kappa shape index (κ2) is 9.80. The van der Waals surface area contributed by atoms with E-state index in [4.69, 9.17) is 0 Å². The summed E-state index contributed by atoms with van der Waals surface area (Å²) in [4.78, 5) is 14.7. The molecule has 2 aromatic carbocycles. The van der Waals surface area contributed by atoms with Gasteiger partial charge in [-0.1, -0.05) is 41.6 Å². The van der Waals surface area contributed by atoms with Gasteiger partial charge in [0.1, 0.15) is 0 Å². The lowest BCUT2D eigenvalue weighted by Gasteiger charge is -2.27. The number of benzene rings is 2. The molecular weight excluding hydrogens is 394 g/mol. The maximum atomic E-state index is 12.4. The minimum absolute atomic E-state index is 0.0659. The van der Waals surface area contributed by atoms with Crippen LogP contribution in [-0.4, -0.2) is 39.0 Å². The fourth-order valence-corrected chi connectivity index (χ4v) is 4.01. The Morgan fingerprint density at radius 2 is 1.77 bits per heavy atom. The van der Waals surface area contributed by atoms with Gasteiger partial charge in [-0.25, -0.2) is 0 Å². The predicted octanol–water partition coefficient (Wildman–Crippen LogP) is 4.76. The molecule has 1 N–H and O–H groups in total. The van der Waals surface area contributed by atoms with Crippen molar-refractivity contribution >= 4 is 29.0 Å². The van der Waals surface area contributed by atoms with E-state index in [9.17, 15) is 4.79 Å². The Bertz CT molecular complexity index is 980. The van der Waals surface area contributed by atoms with Crippen LogP contribution in [0, 0.1) is 6.92 Å². The molecule has 3 rings (SSSR count). The molecule has 1 amide bonds. The topological polar surface area (TPSA) is 63.1 Å². The van der Waals surface area contributed by atoms with Crippen LogP contribution in [0.25, 0.3) is 11.4 Å². The van der Waals surface area contributed by atoms with Crippen LogP contribution in [-0.2, 0) is 11.8 Å². The van der Waals surface area contributed by atoms with E-state index in [1.165, 1.54) is 17.3 Å². The first-order valence-electron chi connectivity index (χ1n) is 10.1. The van der Waals surface area contributed by atoms with Crippen molar-refractivity contribution in [2.24, 2.45) is 7.05 Å². The highest BCUT2D eigenvalue weighted by molar-refractivity contribution is 7.99. The summed E-state index contributed by atoms with van der Waals surface area (Å²) in [6.45, 7) is 9.49. The maximum Gasteiger partial charge on any atom is 0.234 e. The molecule has 0 aliphatic heterocycles. The highest BCUT2D eigenvalue weighted by atomic mass is 32.2. The number of carbonyl (C=O) groups is 1. The number of hydrogen-bond donors (Lipinski definition) is 1. The van der Waals surface area contributed by atoms with Crippen molar-refractivity contribution < 1.29 is 4.79 Å². The highest BCUT2D eigenvalue weighted by Gasteiger charge is 2.13. The van der Waals surface area contributed by atoms with E-state index >= 15 is 0 Å². The van der Waals surface area contributed by atoms with Crippen LogP contribution in [0.15, 0.2) is 53.7 Å². The first kappa shape index (κ1) is 21.9. The molecule has 0 bridgehead atoms. The predicted molar refractivity (Wildman–Crippen MR) is 125 cm³/mol. The van der Waals surface area contributed by atoms with Crippen molar-refractivity contribution in [1.82, 2.24) is 14.8 Å². The molecule has 30 heavy (non-hydrogen) atoms. The smallest absolute Gasteiger partial charge is 0.234 e. The first-order chi connectivity index (χ1) is 14.4. The zero-order valence-corrected chi connectivity index (χ0v) is 19.0. The molecule has 1 heterocycles. The number of aromatic nitrogens is 3. The number of nitrogens with zero attached hydrogens (tertiary/aromatic N) is 4. The lowest BCUT2D eigenvalue weighted by atomic mass is 10.1. The number of amides is 1. The number of nitrogens with one attached hydrogen (secondary N) is 1. The van der Waals surface area contributed by atoms with Gasteiger partial charge in [-0.05, 0) is 52.0 Å². The molecule has 158 valence electrons. The summed E-state index contributed by atoms with van der Waals surface area (Å²) in [5.41, 5.74) is 4.16. The van der Waals surface area contributed by atoms with Crippen molar-refractivity contribution in [3.05, 3.63) is 54.1 Å². The number of rotatable bonds is 8. The van der Waals surface area contributed by atoms with E-state index in [0.29, 0.717) is 11.2 Å². The van der Waals surface area contributed by atoms with Crippen LogP contribution in [0.1, 0.15) is 26.3 Å². The number of hydrogen-bond acceptors (Lipinski definition) is 5. The van der Waals surface area contributed by atoms with Crippen LogP contribution in [0.4, 0.5) is 11.4 Å². The van der Waals surface area contributed by atoms with Gasteiger partial charge in [0.15, 0.2) is 11.0 Å². The van der Waals surface area contributed by atoms with Gasteiger partial charge in [0.2, 0.25) is 5.91 Å².